The van der Waals surface area contributed by atoms with E-state index in [1.54, 1.807) is 6.08 Å². The maximum Gasteiger partial charge on any atom is 0.162 e. The van der Waals surface area contributed by atoms with Crippen LogP contribution < -0.4 is 4.74 Å². The summed E-state index contributed by atoms with van der Waals surface area (Å²) in [5.41, 5.74) is 0. The van der Waals surface area contributed by atoms with E-state index in [1.165, 1.54) is 6.07 Å². The van der Waals surface area contributed by atoms with Crippen molar-refractivity contribution in [3.05, 3.63) is 42.0 Å². The molecule has 76 valence electrons. The molecule has 1 aromatic carbocycles. The molecule has 0 bridgehead atoms. The van der Waals surface area contributed by atoms with E-state index in [9.17, 15) is 8.78 Å². The predicted molar refractivity (Wildman–Crippen MR) is 54.8 cm³/mol. The molecular formula is C10H9BrF2O. The highest BCUT2D eigenvalue weighted by molar-refractivity contribution is 9.09. The first-order valence-corrected chi connectivity index (χ1v) is 5.15. The van der Waals surface area contributed by atoms with Gasteiger partial charge in [0, 0.05) is 11.4 Å². The molecule has 1 aromatic rings. The molecule has 0 aliphatic heterocycles. The molecule has 0 unspecified atom stereocenters. The molecule has 0 aliphatic carbocycles. The molecule has 0 saturated carbocycles. The van der Waals surface area contributed by atoms with Crippen LogP contribution in [0.15, 0.2) is 30.4 Å². The Bertz CT molecular complexity index is 326. The molecule has 4 heteroatoms. The normalized spacial score (nSPS) is 10.8. The van der Waals surface area contributed by atoms with Gasteiger partial charge in [-0.3, -0.25) is 0 Å². The number of alkyl halides is 1. The Hall–Kier alpha value is -0.900. The average Bonchev–Trinajstić information content (AvgIpc) is 2.18. The zero-order valence-corrected chi connectivity index (χ0v) is 8.93. The number of hydrogen-bond acceptors (Lipinski definition) is 1. The quantitative estimate of drug-likeness (QED) is 0.598. The van der Waals surface area contributed by atoms with Crippen LogP contribution in [0.1, 0.15) is 0 Å². The highest BCUT2D eigenvalue weighted by Crippen LogP contribution is 2.15. The van der Waals surface area contributed by atoms with Gasteiger partial charge in [0.25, 0.3) is 0 Å². The van der Waals surface area contributed by atoms with Crippen LogP contribution >= 0.6 is 15.9 Å². The Morgan fingerprint density at radius 2 is 2.00 bits per heavy atom. The van der Waals surface area contributed by atoms with E-state index in [-0.39, 0.29) is 0 Å². The summed E-state index contributed by atoms with van der Waals surface area (Å²) in [6, 6.07) is 3.45. The molecule has 1 nitrogen and oxygen atoms in total. The zero-order chi connectivity index (χ0) is 10.4. The third-order valence-electron chi connectivity index (χ3n) is 1.49. The van der Waals surface area contributed by atoms with E-state index < -0.39 is 11.6 Å². The SMILES string of the molecule is Fc1ccc(OCC=CCBr)cc1F. The number of benzene rings is 1. The lowest BCUT2D eigenvalue weighted by Gasteiger charge is -2.02. The standard InChI is InChI=1S/C10H9BrF2O/c11-5-1-2-6-14-8-3-4-9(12)10(13)7-8/h1-4,7H,5-6H2. The summed E-state index contributed by atoms with van der Waals surface area (Å²) in [5, 5.41) is 0.744. The number of rotatable bonds is 4. The summed E-state index contributed by atoms with van der Waals surface area (Å²) >= 11 is 3.20. The van der Waals surface area contributed by atoms with Gasteiger partial charge in [0.15, 0.2) is 11.6 Å². The first-order chi connectivity index (χ1) is 6.74. The Labute approximate surface area is 89.5 Å². The molecule has 0 amide bonds. The molecule has 0 aromatic heterocycles. The predicted octanol–water partition coefficient (Wildman–Crippen LogP) is 3.29. The lowest BCUT2D eigenvalue weighted by molar-refractivity contribution is 0.358. The molecule has 0 saturated heterocycles. The highest BCUT2D eigenvalue weighted by atomic mass is 79.9. The fourth-order valence-electron chi connectivity index (χ4n) is 0.842. The van der Waals surface area contributed by atoms with Gasteiger partial charge in [0.2, 0.25) is 0 Å². The van der Waals surface area contributed by atoms with Crippen molar-refractivity contribution in [2.75, 3.05) is 11.9 Å². The van der Waals surface area contributed by atoms with Gasteiger partial charge in [0.05, 0.1) is 0 Å². The first-order valence-electron chi connectivity index (χ1n) is 4.03. The molecular weight excluding hydrogens is 254 g/mol. The maximum atomic E-state index is 12.7. The number of hydrogen-bond donors (Lipinski definition) is 0. The van der Waals surface area contributed by atoms with Crippen LogP contribution in [-0.2, 0) is 0 Å². The summed E-state index contributed by atoms with van der Waals surface area (Å²) in [6.45, 7) is 0.344. The lowest BCUT2D eigenvalue weighted by atomic mass is 10.3. The third kappa shape index (κ3) is 3.46. The van der Waals surface area contributed by atoms with Crippen molar-refractivity contribution in [1.29, 1.82) is 0 Å². The molecule has 0 atom stereocenters. The third-order valence-corrected chi connectivity index (χ3v) is 1.87. The smallest absolute Gasteiger partial charge is 0.162 e. The Morgan fingerprint density at radius 1 is 1.21 bits per heavy atom. The fraction of sp³-hybridized carbons (Fsp3) is 0.200. The maximum absolute atomic E-state index is 12.7. The topological polar surface area (TPSA) is 9.23 Å². The lowest BCUT2D eigenvalue weighted by Crippen LogP contribution is -1.94. The minimum atomic E-state index is -0.896. The van der Waals surface area contributed by atoms with E-state index in [0.717, 1.165) is 17.5 Å². The van der Waals surface area contributed by atoms with Crippen molar-refractivity contribution < 1.29 is 13.5 Å². The van der Waals surface area contributed by atoms with E-state index >= 15 is 0 Å². The second-order valence-electron chi connectivity index (χ2n) is 2.51. The first kappa shape index (κ1) is 11.2. The van der Waals surface area contributed by atoms with Gasteiger partial charge < -0.3 is 4.74 Å². The van der Waals surface area contributed by atoms with Gasteiger partial charge in [-0.2, -0.15) is 0 Å². The van der Waals surface area contributed by atoms with Crippen LogP contribution in [0.2, 0.25) is 0 Å². The van der Waals surface area contributed by atoms with Crippen LogP contribution in [0.4, 0.5) is 8.78 Å². The van der Waals surface area contributed by atoms with Gasteiger partial charge in [-0.25, -0.2) is 8.78 Å². The van der Waals surface area contributed by atoms with Gasteiger partial charge in [-0.1, -0.05) is 28.1 Å². The number of halogens is 3. The van der Waals surface area contributed by atoms with Crippen LogP contribution in [0.3, 0.4) is 0 Å². The van der Waals surface area contributed by atoms with Crippen molar-refractivity contribution in [3.63, 3.8) is 0 Å². The van der Waals surface area contributed by atoms with E-state index in [2.05, 4.69) is 15.9 Å². The molecule has 0 radical (unpaired) electrons. The summed E-state index contributed by atoms with van der Waals surface area (Å²) in [4.78, 5) is 0. The Kier molecular flexibility index (Phi) is 4.59. The number of ether oxygens (including phenoxy) is 1. The molecule has 0 aliphatic rings. The summed E-state index contributed by atoms with van der Waals surface area (Å²) in [5.74, 6) is -1.44. The van der Waals surface area contributed by atoms with Crippen LogP contribution in [-0.4, -0.2) is 11.9 Å². The zero-order valence-electron chi connectivity index (χ0n) is 7.34. The van der Waals surface area contributed by atoms with Crippen LogP contribution in [0.5, 0.6) is 5.75 Å². The van der Waals surface area contributed by atoms with E-state index in [4.69, 9.17) is 4.74 Å². The fourth-order valence-corrected chi connectivity index (χ4v) is 1.11. The molecule has 0 heterocycles. The van der Waals surface area contributed by atoms with Gasteiger partial charge in [-0.15, -0.1) is 0 Å². The van der Waals surface area contributed by atoms with Crippen molar-refractivity contribution in [2.24, 2.45) is 0 Å². The summed E-state index contributed by atoms with van der Waals surface area (Å²) in [6.07, 6.45) is 3.65. The van der Waals surface area contributed by atoms with Gasteiger partial charge in [-0.05, 0) is 12.1 Å². The minimum Gasteiger partial charge on any atom is -0.489 e. The second-order valence-corrected chi connectivity index (χ2v) is 3.16. The Balaban J connectivity index is 2.51. The highest BCUT2D eigenvalue weighted by Gasteiger charge is 2.01. The minimum absolute atomic E-state index is 0.322. The van der Waals surface area contributed by atoms with Crippen molar-refractivity contribution in [2.45, 2.75) is 0 Å². The van der Waals surface area contributed by atoms with Crippen LogP contribution in [0, 0.1) is 11.6 Å². The van der Waals surface area contributed by atoms with E-state index in [1.807, 2.05) is 6.08 Å². The van der Waals surface area contributed by atoms with E-state index in [0.29, 0.717) is 12.4 Å². The monoisotopic (exact) mass is 262 g/mol. The van der Waals surface area contributed by atoms with Crippen molar-refractivity contribution >= 4 is 15.9 Å². The van der Waals surface area contributed by atoms with Crippen molar-refractivity contribution in [3.8, 4) is 5.75 Å². The molecule has 0 fully saturated rings. The Morgan fingerprint density at radius 3 is 2.64 bits per heavy atom. The van der Waals surface area contributed by atoms with Crippen LogP contribution in [0.25, 0.3) is 0 Å². The van der Waals surface area contributed by atoms with Gasteiger partial charge in [0.1, 0.15) is 12.4 Å². The average molecular weight is 263 g/mol. The molecule has 0 spiro atoms. The van der Waals surface area contributed by atoms with Crippen molar-refractivity contribution in [1.82, 2.24) is 0 Å². The molecule has 1 rings (SSSR count). The largest absolute Gasteiger partial charge is 0.489 e. The summed E-state index contributed by atoms with van der Waals surface area (Å²) < 4.78 is 30.3. The molecule has 14 heavy (non-hydrogen) atoms. The molecule has 0 N–H and O–H groups in total. The second kappa shape index (κ2) is 5.75. The van der Waals surface area contributed by atoms with Gasteiger partial charge >= 0.3 is 0 Å². The number of allylic oxidation sites excluding steroid dienone is 1. The summed E-state index contributed by atoms with van der Waals surface area (Å²) in [7, 11) is 0.